The zero-order chi connectivity index (χ0) is 19.5. The average molecular weight is 378 g/mol. The molecule has 0 spiro atoms. The van der Waals surface area contributed by atoms with E-state index in [1.54, 1.807) is 13.8 Å². The summed E-state index contributed by atoms with van der Waals surface area (Å²) in [6.07, 6.45) is 0. The minimum atomic E-state index is -3.43. The van der Waals surface area contributed by atoms with Crippen LogP contribution in [-0.4, -0.2) is 25.5 Å². The predicted molar refractivity (Wildman–Crippen MR) is 97.4 cm³/mol. The zero-order valence-electron chi connectivity index (χ0n) is 14.5. The third-order valence-corrected chi connectivity index (χ3v) is 5.77. The molecule has 6 nitrogen and oxygen atoms in total. The van der Waals surface area contributed by atoms with Crippen LogP contribution in [0.4, 0.5) is 15.8 Å². The maximum absolute atomic E-state index is 13.9. The second-order valence-electron chi connectivity index (χ2n) is 5.95. The van der Waals surface area contributed by atoms with Gasteiger partial charge in [0, 0.05) is 18.2 Å². The third-order valence-electron chi connectivity index (χ3n) is 3.60. The Hall–Kier alpha value is -2.74. The second kappa shape index (κ2) is 7.65. The standard InChI is InChI=1S/C18H19FN2O4S/c1-11(2)26(24,25)15-7-4-13(5-8-15)18(23)21-17-10-14(20-12(3)22)6-9-16(17)19/h4-11H,1-3H3,(H,20,22)(H,21,23). The summed E-state index contributed by atoms with van der Waals surface area (Å²) in [6.45, 7) is 4.45. The minimum absolute atomic E-state index is 0.0971. The van der Waals surface area contributed by atoms with E-state index in [-0.39, 0.29) is 22.1 Å². The monoisotopic (exact) mass is 378 g/mol. The van der Waals surface area contributed by atoms with Gasteiger partial charge in [-0.25, -0.2) is 12.8 Å². The number of carbonyl (C=O) groups is 2. The van der Waals surface area contributed by atoms with E-state index in [0.29, 0.717) is 5.69 Å². The lowest BCUT2D eigenvalue weighted by atomic mass is 10.2. The van der Waals surface area contributed by atoms with E-state index in [1.165, 1.54) is 43.3 Å². The van der Waals surface area contributed by atoms with Crippen molar-refractivity contribution >= 4 is 33.0 Å². The van der Waals surface area contributed by atoms with Crippen LogP contribution in [-0.2, 0) is 14.6 Å². The lowest BCUT2D eigenvalue weighted by Gasteiger charge is -2.10. The molecular formula is C18H19FN2O4S. The first-order valence-electron chi connectivity index (χ1n) is 7.83. The van der Waals surface area contributed by atoms with Crippen LogP contribution in [0.3, 0.4) is 0 Å². The summed E-state index contributed by atoms with van der Waals surface area (Å²) in [5.74, 6) is -1.58. The third kappa shape index (κ3) is 4.45. The Morgan fingerprint density at radius 2 is 1.62 bits per heavy atom. The van der Waals surface area contributed by atoms with Gasteiger partial charge in [-0.05, 0) is 56.3 Å². The first kappa shape index (κ1) is 19.6. The van der Waals surface area contributed by atoms with Crippen LogP contribution in [0.5, 0.6) is 0 Å². The quantitative estimate of drug-likeness (QED) is 0.836. The molecular weight excluding hydrogens is 359 g/mol. The summed E-state index contributed by atoms with van der Waals surface area (Å²) in [4.78, 5) is 23.5. The molecule has 0 fully saturated rings. The van der Waals surface area contributed by atoms with Gasteiger partial charge in [-0.2, -0.15) is 0 Å². The Morgan fingerprint density at radius 1 is 1.00 bits per heavy atom. The molecule has 0 aliphatic rings. The highest BCUT2D eigenvalue weighted by molar-refractivity contribution is 7.92. The molecule has 0 unspecified atom stereocenters. The second-order valence-corrected chi connectivity index (χ2v) is 8.45. The van der Waals surface area contributed by atoms with Crippen LogP contribution < -0.4 is 10.6 Å². The van der Waals surface area contributed by atoms with Gasteiger partial charge in [0.1, 0.15) is 5.82 Å². The van der Waals surface area contributed by atoms with E-state index in [9.17, 15) is 22.4 Å². The van der Waals surface area contributed by atoms with E-state index in [0.717, 1.165) is 6.07 Å². The number of anilines is 2. The van der Waals surface area contributed by atoms with Gasteiger partial charge < -0.3 is 10.6 Å². The average Bonchev–Trinajstić information content (AvgIpc) is 2.57. The first-order chi connectivity index (χ1) is 12.1. The maximum atomic E-state index is 13.9. The van der Waals surface area contributed by atoms with Crippen molar-refractivity contribution in [1.29, 1.82) is 0 Å². The molecule has 138 valence electrons. The molecule has 0 atom stereocenters. The van der Waals surface area contributed by atoms with E-state index in [2.05, 4.69) is 10.6 Å². The van der Waals surface area contributed by atoms with E-state index < -0.39 is 26.8 Å². The number of hydrogen-bond acceptors (Lipinski definition) is 4. The Labute approximate surface area is 151 Å². The van der Waals surface area contributed by atoms with Gasteiger partial charge in [0.15, 0.2) is 9.84 Å². The highest BCUT2D eigenvalue weighted by atomic mass is 32.2. The van der Waals surface area contributed by atoms with E-state index >= 15 is 0 Å². The Kier molecular flexibility index (Phi) is 5.76. The molecule has 2 rings (SSSR count). The molecule has 0 saturated heterocycles. The summed E-state index contributed by atoms with van der Waals surface area (Å²) < 4.78 is 38.1. The minimum Gasteiger partial charge on any atom is -0.326 e. The Bertz CT molecular complexity index is 938. The molecule has 0 heterocycles. The predicted octanol–water partition coefficient (Wildman–Crippen LogP) is 3.22. The van der Waals surface area contributed by atoms with Crippen molar-refractivity contribution in [2.45, 2.75) is 30.9 Å². The van der Waals surface area contributed by atoms with Gasteiger partial charge >= 0.3 is 0 Å². The van der Waals surface area contributed by atoms with Crippen molar-refractivity contribution < 1.29 is 22.4 Å². The molecule has 0 saturated carbocycles. The zero-order valence-corrected chi connectivity index (χ0v) is 15.4. The van der Waals surface area contributed by atoms with Gasteiger partial charge in [-0.15, -0.1) is 0 Å². The van der Waals surface area contributed by atoms with Crippen LogP contribution in [0, 0.1) is 5.82 Å². The highest BCUT2D eigenvalue weighted by Gasteiger charge is 2.19. The summed E-state index contributed by atoms with van der Waals surface area (Å²) in [5, 5.41) is 4.33. The van der Waals surface area contributed by atoms with Gasteiger partial charge in [0.2, 0.25) is 5.91 Å². The SMILES string of the molecule is CC(=O)Nc1ccc(F)c(NC(=O)c2ccc(S(=O)(=O)C(C)C)cc2)c1. The van der Waals surface area contributed by atoms with Gasteiger partial charge in [0.25, 0.3) is 5.91 Å². The van der Waals surface area contributed by atoms with Crippen molar-refractivity contribution in [3.63, 3.8) is 0 Å². The first-order valence-corrected chi connectivity index (χ1v) is 9.38. The molecule has 0 aliphatic carbocycles. The van der Waals surface area contributed by atoms with Crippen molar-refractivity contribution in [3.8, 4) is 0 Å². The summed E-state index contributed by atoms with van der Waals surface area (Å²) in [6, 6.07) is 9.20. The van der Waals surface area contributed by atoms with Crippen LogP contribution >= 0.6 is 0 Å². The number of halogens is 1. The van der Waals surface area contributed by atoms with Crippen LogP contribution in [0.25, 0.3) is 0 Å². The molecule has 26 heavy (non-hydrogen) atoms. The van der Waals surface area contributed by atoms with Crippen molar-refractivity contribution in [2.24, 2.45) is 0 Å². The fraction of sp³-hybridized carbons (Fsp3) is 0.222. The van der Waals surface area contributed by atoms with Crippen molar-refractivity contribution in [1.82, 2.24) is 0 Å². The largest absolute Gasteiger partial charge is 0.326 e. The number of carbonyl (C=O) groups excluding carboxylic acids is 2. The molecule has 0 aromatic heterocycles. The molecule has 2 N–H and O–H groups in total. The Balaban J connectivity index is 2.22. The summed E-state index contributed by atoms with van der Waals surface area (Å²) in [5.41, 5.74) is 0.421. The van der Waals surface area contributed by atoms with Crippen molar-refractivity contribution in [2.75, 3.05) is 10.6 Å². The molecule has 2 amide bonds. The normalized spacial score (nSPS) is 11.3. The van der Waals surface area contributed by atoms with Crippen molar-refractivity contribution in [3.05, 3.63) is 53.8 Å². The molecule has 2 aromatic rings. The molecule has 2 aromatic carbocycles. The number of amides is 2. The molecule has 8 heteroatoms. The van der Waals surface area contributed by atoms with Crippen LogP contribution in [0.15, 0.2) is 47.4 Å². The maximum Gasteiger partial charge on any atom is 0.255 e. The lowest BCUT2D eigenvalue weighted by molar-refractivity contribution is -0.114. The smallest absolute Gasteiger partial charge is 0.255 e. The topological polar surface area (TPSA) is 92.3 Å². The summed E-state index contributed by atoms with van der Waals surface area (Å²) >= 11 is 0. The Morgan fingerprint density at radius 3 is 2.15 bits per heavy atom. The van der Waals surface area contributed by atoms with Crippen LogP contribution in [0.2, 0.25) is 0 Å². The molecule has 0 bridgehead atoms. The van der Waals surface area contributed by atoms with Gasteiger partial charge in [-0.3, -0.25) is 9.59 Å². The fourth-order valence-electron chi connectivity index (χ4n) is 2.16. The van der Waals surface area contributed by atoms with Gasteiger partial charge in [0.05, 0.1) is 15.8 Å². The molecule has 0 radical (unpaired) electrons. The number of hydrogen-bond donors (Lipinski definition) is 2. The fourth-order valence-corrected chi connectivity index (χ4v) is 3.22. The van der Waals surface area contributed by atoms with E-state index in [4.69, 9.17) is 0 Å². The van der Waals surface area contributed by atoms with Gasteiger partial charge in [-0.1, -0.05) is 0 Å². The number of sulfone groups is 1. The summed E-state index contributed by atoms with van der Waals surface area (Å²) in [7, 11) is -3.43. The number of nitrogens with one attached hydrogen (secondary N) is 2. The van der Waals surface area contributed by atoms with Crippen LogP contribution in [0.1, 0.15) is 31.1 Å². The lowest BCUT2D eigenvalue weighted by Crippen LogP contribution is -2.16. The number of benzene rings is 2. The molecule has 0 aliphatic heterocycles. The highest BCUT2D eigenvalue weighted by Crippen LogP contribution is 2.21. The van der Waals surface area contributed by atoms with E-state index in [1.807, 2.05) is 0 Å². The number of rotatable bonds is 5.